The molecule has 2 N–H and O–H groups in total. The number of carbonyl (C=O) groups excluding carboxylic acids is 2. The molecule has 1 heterocycles. The third-order valence-corrected chi connectivity index (χ3v) is 5.59. The predicted octanol–water partition coefficient (Wildman–Crippen LogP) is 6.79. The molecule has 0 spiro atoms. The molecule has 0 saturated carbocycles. The van der Waals surface area contributed by atoms with Gasteiger partial charge in [0, 0.05) is 18.1 Å². The van der Waals surface area contributed by atoms with Crippen LogP contribution >= 0.6 is 34.8 Å². The Morgan fingerprint density at radius 2 is 1.47 bits per heavy atom. The number of amides is 2. The summed E-state index contributed by atoms with van der Waals surface area (Å²) in [5, 5.41) is 6.72. The van der Waals surface area contributed by atoms with E-state index < -0.39 is 56.9 Å². The highest BCUT2D eigenvalue weighted by atomic mass is 35.5. The van der Waals surface area contributed by atoms with Gasteiger partial charge in [0.25, 0.3) is 11.8 Å². The highest BCUT2D eigenvalue weighted by Gasteiger charge is 2.38. The van der Waals surface area contributed by atoms with Gasteiger partial charge in [-0.3, -0.25) is 9.59 Å². The van der Waals surface area contributed by atoms with Crippen molar-refractivity contribution in [2.75, 3.05) is 12.4 Å². The van der Waals surface area contributed by atoms with Crippen LogP contribution in [-0.4, -0.2) is 28.6 Å². The van der Waals surface area contributed by atoms with Crippen molar-refractivity contribution in [2.24, 2.45) is 0 Å². The van der Waals surface area contributed by atoms with Crippen LogP contribution in [0.5, 0.6) is 0 Å². The van der Waals surface area contributed by atoms with Gasteiger partial charge in [-0.1, -0.05) is 34.8 Å². The zero-order valence-electron chi connectivity index (χ0n) is 18.0. The van der Waals surface area contributed by atoms with Gasteiger partial charge in [-0.25, -0.2) is 4.68 Å². The van der Waals surface area contributed by atoms with Crippen LogP contribution in [0, 0.1) is 6.92 Å². The second-order valence-corrected chi connectivity index (χ2v) is 8.54. The lowest BCUT2D eigenvalue weighted by atomic mass is 10.1. The lowest BCUT2D eigenvalue weighted by Gasteiger charge is -2.16. The van der Waals surface area contributed by atoms with E-state index in [0.717, 1.165) is 0 Å². The average molecular weight is 574 g/mol. The second kappa shape index (κ2) is 9.83. The third kappa shape index (κ3) is 5.55. The molecule has 0 fully saturated rings. The van der Waals surface area contributed by atoms with Crippen LogP contribution in [0.1, 0.15) is 37.7 Å². The maximum absolute atomic E-state index is 13.4. The number of halogens is 9. The van der Waals surface area contributed by atoms with Crippen LogP contribution in [-0.2, 0) is 12.4 Å². The van der Waals surface area contributed by atoms with Crippen LogP contribution in [0.4, 0.5) is 32.0 Å². The van der Waals surface area contributed by atoms with Crippen molar-refractivity contribution >= 4 is 52.3 Å². The fourth-order valence-corrected chi connectivity index (χ4v) is 4.10. The number of aryl methyl sites for hydroxylation is 1. The molecule has 6 nitrogen and oxygen atoms in total. The van der Waals surface area contributed by atoms with Gasteiger partial charge in [0.2, 0.25) is 0 Å². The molecule has 0 aliphatic heterocycles. The van der Waals surface area contributed by atoms with Crippen molar-refractivity contribution < 1.29 is 35.9 Å². The van der Waals surface area contributed by atoms with Crippen LogP contribution in [0.25, 0.3) is 5.69 Å². The fraction of sp³-hybridized carbons (Fsp3) is 0.190. The Morgan fingerprint density at radius 3 is 1.97 bits per heavy atom. The number of hydrogen-bond acceptors (Lipinski definition) is 3. The highest BCUT2D eigenvalue weighted by molar-refractivity contribution is 6.38. The summed E-state index contributed by atoms with van der Waals surface area (Å²) in [7, 11) is 1.31. The molecule has 0 atom stereocenters. The molecule has 2 amide bonds. The topological polar surface area (TPSA) is 76.0 Å². The summed E-state index contributed by atoms with van der Waals surface area (Å²) in [6, 6.07) is 3.86. The molecule has 1 aromatic heterocycles. The van der Waals surface area contributed by atoms with Crippen LogP contribution in [0.2, 0.25) is 15.1 Å². The standard InChI is InChI=1S/C21H13Cl3F6N4O2/c1-8-3-10(22)6-11(18(35)31-2)16(8)32-19(36)14-7-15(21(28,29)30)33-34(14)17-12(23)4-9(5-13(17)24)20(25,26)27/h3-7H,1-2H3,(H,31,35)(H,32,36). The van der Waals surface area contributed by atoms with Crippen molar-refractivity contribution in [1.29, 1.82) is 0 Å². The number of hydrogen-bond donors (Lipinski definition) is 2. The van der Waals surface area contributed by atoms with Gasteiger partial charge in [-0.2, -0.15) is 31.4 Å². The molecule has 0 radical (unpaired) electrons. The first-order chi connectivity index (χ1) is 16.5. The Labute approximate surface area is 214 Å². The SMILES string of the molecule is CNC(=O)c1cc(Cl)cc(C)c1NC(=O)c1cc(C(F)(F)F)nn1-c1c(Cl)cc(C(F)(F)F)cc1Cl. The van der Waals surface area contributed by atoms with Crippen LogP contribution in [0.15, 0.2) is 30.3 Å². The van der Waals surface area contributed by atoms with E-state index in [2.05, 4.69) is 15.7 Å². The number of benzene rings is 2. The number of anilines is 1. The largest absolute Gasteiger partial charge is 0.435 e. The molecule has 36 heavy (non-hydrogen) atoms. The molecule has 15 heteroatoms. The van der Waals surface area contributed by atoms with Crippen LogP contribution < -0.4 is 10.6 Å². The van der Waals surface area contributed by atoms with E-state index in [9.17, 15) is 35.9 Å². The van der Waals surface area contributed by atoms with Crippen molar-refractivity contribution in [3.8, 4) is 5.69 Å². The summed E-state index contributed by atoms with van der Waals surface area (Å²) in [6.45, 7) is 1.48. The van der Waals surface area contributed by atoms with Crippen molar-refractivity contribution in [3.05, 3.63) is 73.5 Å². The van der Waals surface area contributed by atoms with Crippen molar-refractivity contribution in [1.82, 2.24) is 15.1 Å². The Bertz CT molecular complexity index is 1350. The molecule has 0 bridgehead atoms. The van der Waals surface area contributed by atoms with Gasteiger partial charge < -0.3 is 10.6 Å². The summed E-state index contributed by atoms with van der Waals surface area (Å²) in [5.41, 5.74) is -4.05. The number of aromatic nitrogens is 2. The molecule has 3 rings (SSSR count). The summed E-state index contributed by atoms with van der Waals surface area (Å²) < 4.78 is 80.0. The van der Waals surface area contributed by atoms with Crippen molar-refractivity contribution in [2.45, 2.75) is 19.3 Å². The molecule has 0 aliphatic rings. The monoisotopic (exact) mass is 572 g/mol. The molecular weight excluding hydrogens is 561 g/mol. The van der Waals surface area contributed by atoms with Gasteiger partial charge in [0.1, 0.15) is 11.4 Å². The number of alkyl halides is 6. The number of nitrogens with one attached hydrogen (secondary N) is 2. The molecule has 0 unspecified atom stereocenters. The zero-order chi connectivity index (χ0) is 27.2. The van der Waals surface area contributed by atoms with Crippen LogP contribution in [0.3, 0.4) is 0 Å². The third-order valence-electron chi connectivity index (χ3n) is 4.80. The molecule has 0 saturated heterocycles. The summed E-state index contributed by atoms with van der Waals surface area (Å²) in [5.74, 6) is -1.85. The maximum Gasteiger partial charge on any atom is 0.435 e. The minimum Gasteiger partial charge on any atom is -0.355 e. The maximum atomic E-state index is 13.4. The summed E-state index contributed by atoms with van der Waals surface area (Å²) in [6.07, 6.45) is -9.88. The number of carbonyl (C=O) groups is 2. The lowest BCUT2D eigenvalue weighted by Crippen LogP contribution is -2.23. The number of nitrogens with zero attached hydrogens (tertiary/aromatic N) is 2. The lowest BCUT2D eigenvalue weighted by molar-refractivity contribution is -0.141. The van der Waals surface area contributed by atoms with Crippen molar-refractivity contribution in [3.63, 3.8) is 0 Å². The smallest absolute Gasteiger partial charge is 0.355 e. The Balaban J connectivity index is 2.20. The normalized spacial score (nSPS) is 12.0. The zero-order valence-corrected chi connectivity index (χ0v) is 20.3. The first-order valence-electron chi connectivity index (χ1n) is 9.62. The van der Waals surface area contributed by atoms with E-state index in [0.29, 0.717) is 28.4 Å². The Morgan fingerprint density at radius 1 is 0.889 bits per heavy atom. The molecule has 2 aromatic carbocycles. The average Bonchev–Trinajstić information content (AvgIpc) is 3.19. The van der Waals surface area contributed by atoms with E-state index in [1.54, 1.807) is 0 Å². The summed E-state index contributed by atoms with van der Waals surface area (Å²) >= 11 is 17.8. The molecule has 0 aliphatic carbocycles. The van der Waals surface area contributed by atoms with Gasteiger partial charge >= 0.3 is 12.4 Å². The van der Waals surface area contributed by atoms with Gasteiger partial charge in [0.05, 0.1) is 26.9 Å². The van der Waals surface area contributed by atoms with Gasteiger partial charge in [0.15, 0.2) is 5.69 Å². The second-order valence-electron chi connectivity index (χ2n) is 7.29. The molecular formula is C21H13Cl3F6N4O2. The first kappa shape index (κ1) is 27.6. The quantitative estimate of drug-likeness (QED) is 0.338. The molecule has 192 valence electrons. The van der Waals surface area contributed by atoms with Gasteiger partial charge in [-0.05, 0) is 36.8 Å². The van der Waals surface area contributed by atoms with E-state index in [1.165, 1.54) is 26.1 Å². The predicted molar refractivity (Wildman–Crippen MR) is 121 cm³/mol. The van der Waals surface area contributed by atoms with E-state index >= 15 is 0 Å². The van der Waals surface area contributed by atoms with Gasteiger partial charge in [-0.15, -0.1) is 0 Å². The Hall–Kier alpha value is -2.96. The summed E-state index contributed by atoms with van der Waals surface area (Å²) in [4.78, 5) is 25.4. The molecule has 3 aromatic rings. The van der Waals surface area contributed by atoms with E-state index in [4.69, 9.17) is 34.8 Å². The minimum atomic E-state index is -5.03. The highest BCUT2D eigenvalue weighted by Crippen LogP contribution is 2.39. The number of rotatable bonds is 4. The van der Waals surface area contributed by atoms with E-state index in [-0.39, 0.29) is 16.3 Å². The van der Waals surface area contributed by atoms with E-state index in [1.807, 2.05) is 0 Å². The Kier molecular flexibility index (Phi) is 7.54. The minimum absolute atomic E-state index is 0.0744. The first-order valence-corrected chi connectivity index (χ1v) is 10.8. The fourth-order valence-electron chi connectivity index (χ4n) is 3.18.